The number of urea groups is 1. The molecule has 2 N–H and O–H groups in total. The molecule has 29 heavy (non-hydrogen) atoms. The lowest BCUT2D eigenvalue weighted by atomic mass is 10.2. The van der Waals surface area contributed by atoms with E-state index in [2.05, 4.69) is 25.8 Å². The monoisotopic (exact) mass is 432 g/mol. The Hall–Kier alpha value is -2.76. The number of nitrogens with zero attached hydrogens (tertiary/aromatic N) is 4. The Labute approximate surface area is 175 Å². The van der Waals surface area contributed by atoms with Gasteiger partial charge >= 0.3 is 6.03 Å². The first kappa shape index (κ1) is 21.0. The predicted molar refractivity (Wildman–Crippen MR) is 111 cm³/mol. The van der Waals surface area contributed by atoms with Crippen molar-refractivity contribution in [3.8, 4) is 11.4 Å². The number of thioether (sulfide) groups is 1. The first-order valence-corrected chi connectivity index (χ1v) is 10.6. The van der Waals surface area contributed by atoms with E-state index in [1.807, 2.05) is 34.2 Å². The van der Waals surface area contributed by atoms with E-state index in [0.717, 1.165) is 10.4 Å². The lowest BCUT2D eigenvalue weighted by molar-refractivity contribution is -0.117. The van der Waals surface area contributed by atoms with E-state index in [1.165, 1.54) is 23.1 Å². The maximum absolute atomic E-state index is 12.1. The van der Waals surface area contributed by atoms with Crippen LogP contribution in [0, 0.1) is 0 Å². The van der Waals surface area contributed by atoms with Crippen molar-refractivity contribution in [1.29, 1.82) is 0 Å². The molecule has 0 fully saturated rings. The zero-order chi connectivity index (χ0) is 20.5. The SMILES string of the molecule is COCCn1c(SCC(=O)NC(=O)NCc2cccs2)nnc1-c1ccncc1. The van der Waals surface area contributed by atoms with Gasteiger partial charge in [-0.25, -0.2) is 4.79 Å². The molecule has 0 atom stereocenters. The third-order valence-electron chi connectivity index (χ3n) is 3.76. The van der Waals surface area contributed by atoms with Crippen LogP contribution < -0.4 is 10.6 Å². The van der Waals surface area contributed by atoms with Gasteiger partial charge in [0.05, 0.1) is 25.4 Å². The van der Waals surface area contributed by atoms with E-state index < -0.39 is 11.9 Å². The smallest absolute Gasteiger partial charge is 0.321 e. The summed E-state index contributed by atoms with van der Waals surface area (Å²) in [5, 5.41) is 15.9. The molecule has 0 aliphatic rings. The molecule has 3 aromatic rings. The topological polar surface area (TPSA) is 111 Å². The first-order chi connectivity index (χ1) is 14.2. The molecular formula is C18H20N6O3S2. The lowest BCUT2D eigenvalue weighted by Crippen LogP contribution is -2.39. The number of hydrogen-bond acceptors (Lipinski definition) is 8. The quantitative estimate of drug-likeness (QED) is 0.499. The summed E-state index contributed by atoms with van der Waals surface area (Å²) in [5.41, 5.74) is 0.868. The Bertz CT molecular complexity index is 930. The van der Waals surface area contributed by atoms with E-state index in [0.29, 0.717) is 30.7 Å². The average molecular weight is 433 g/mol. The van der Waals surface area contributed by atoms with Gasteiger partial charge in [0.15, 0.2) is 11.0 Å². The van der Waals surface area contributed by atoms with E-state index in [-0.39, 0.29) is 5.75 Å². The molecule has 0 radical (unpaired) electrons. The zero-order valence-electron chi connectivity index (χ0n) is 15.7. The number of amides is 3. The third kappa shape index (κ3) is 6.11. The van der Waals surface area contributed by atoms with Gasteiger partial charge in [0.2, 0.25) is 5.91 Å². The van der Waals surface area contributed by atoms with Gasteiger partial charge < -0.3 is 10.1 Å². The van der Waals surface area contributed by atoms with Crippen LogP contribution in [0.4, 0.5) is 4.79 Å². The number of pyridine rings is 1. The van der Waals surface area contributed by atoms with Crippen LogP contribution in [0.1, 0.15) is 4.88 Å². The largest absolute Gasteiger partial charge is 0.383 e. The van der Waals surface area contributed by atoms with Gasteiger partial charge in [-0.1, -0.05) is 17.8 Å². The second-order valence-corrected chi connectivity index (χ2v) is 7.76. The van der Waals surface area contributed by atoms with Crippen LogP contribution >= 0.6 is 23.1 Å². The van der Waals surface area contributed by atoms with E-state index in [9.17, 15) is 9.59 Å². The van der Waals surface area contributed by atoms with Crippen LogP contribution in [-0.4, -0.2) is 51.2 Å². The molecule has 9 nitrogen and oxygen atoms in total. The fourth-order valence-corrected chi connectivity index (χ4v) is 3.82. The van der Waals surface area contributed by atoms with Gasteiger partial charge in [0, 0.05) is 29.9 Å². The molecule has 0 saturated heterocycles. The molecule has 0 unspecified atom stereocenters. The Morgan fingerprint density at radius 2 is 2.07 bits per heavy atom. The molecule has 0 aromatic carbocycles. The number of carbonyl (C=O) groups excluding carboxylic acids is 2. The normalized spacial score (nSPS) is 10.7. The van der Waals surface area contributed by atoms with E-state index in [4.69, 9.17) is 4.74 Å². The number of ether oxygens (including phenoxy) is 1. The first-order valence-electron chi connectivity index (χ1n) is 8.72. The van der Waals surface area contributed by atoms with Gasteiger partial charge in [-0.05, 0) is 23.6 Å². The molecule has 3 amide bonds. The molecule has 3 rings (SSSR count). The summed E-state index contributed by atoms with van der Waals surface area (Å²) in [6, 6.07) is 6.97. The highest BCUT2D eigenvalue weighted by molar-refractivity contribution is 7.99. The third-order valence-corrected chi connectivity index (χ3v) is 5.61. The summed E-state index contributed by atoms with van der Waals surface area (Å²) < 4.78 is 7.05. The summed E-state index contributed by atoms with van der Waals surface area (Å²) in [6.07, 6.45) is 3.36. The van der Waals surface area contributed by atoms with Crippen molar-refractivity contribution < 1.29 is 14.3 Å². The van der Waals surface area contributed by atoms with Gasteiger partial charge in [0.25, 0.3) is 0 Å². The van der Waals surface area contributed by atoms with Gasteiger partial charge in [-0.3, -0.25) is 19.7 Å². The lowest BCUT2D eigenvalue weighted by Gasteiger charge is -2.09. The Balaban J connectivity index is 1.57. The second kappa shape index (κ2) is 10.7. The fourth-order valence-electron chi connectivity index (χ4n) is 2.41. The number of imide groups is 1. The maximum Gasteiger partial charge on any atom is 0.321 e. The standard InChI is InChI=1S/C18H20N6O3S2/c1-27-9-8-24-16(13-4-6-19-7-5-13)22-23-18(24)29-12-15(25)21-17(26)20-11-14-3-2-10-28-14/h2-7,10H,8-9,11-12H2,1H3,(H2,20,21,25,26). The van der Waals surface area contributed by atoms with Crippen LogP contribution in [0.5, 0.6) is 0 Å². The van der Waals surface area contributed by atoms with E-state index >= 15 is 0 Å². The molecule has 0 aliphatic heterocycles. The van der Waals surface area contributed by atoms with Crippen LogP contribution in [0.2, 0.25) is 0 Å². The Kier molecular flexibility index (Phi) is 7.73. The molecule has 11 heteroatoms. The number of rotatable bonds is 9. The van der Waals surface area contributed by atoms with E-state index in [1.54, 1.807) is 19.5 Å². The Morgan fingerprint density at radius 3 is 2.79 bits per heavy atom. The molecule has 0 spiro atoms. The van der Waals surface area contributed by atoms with Crippen LogP contribution in [0.25, 0.3) is 11.4 Å². The summed E-state index contributed by atoms with van der Waals surface area (Å²) in [5.74, 6) is 0.292. The minimum atomic E-state index is -0.526. The predicted octanol–water partition coefficient (Wildman–Crippen LogP) is 2.17. The highest BCUT2D eigenvalue weighted by Gasteiger charge is 2.16. The highest BCUT2D eigenvalue weighted by atomic mass is 32.2. The summed E-state index contributed by atoms with van der Waals surface area (Å²) in [4.78, 5) is 29.0. The van der Waals surface area contributed by atoms with Crippen molar-refractivity contribution in [3.63, 3.8) is 0 Å². The van der Waals surface area contributed by atoms with Gasteiger partial charge in [-0.15, -0.1) is 21.5 Å². The van der Waals surface area contributed by atoms with Crippen molar-refractivity contribution in [1.82, 2.24) is 30.4 Å². The number of nitrogens with one attached hydrogen (secondary N) is 2. The van der Waals surface area contributed by atoms with Crippen molar-refractivity contribution in [2.45, 2.75) is 18.2 Å². The van der Waals surface area contributed by atoms with Crippen molar-refractivity contribution in [2.24, 2.45) is 0 Å². The second-order valence-electron chi connectivity index (χ2n) is 5.79. The number of thiophene rings is 1. The van der Waals surface area contributed by atoms with Crippen LogP contribution in [0.15, 0.2) is 47.2 Å². The van der Waals surface area contributed by atoms with Crippen molar-refractivity contribution in [2.75, 3.05) is 19.5 Å². The summed E-state index contributed by atoms with van der Waals surface area (Å²) >= 11 is 2.74. The van der Waals surface area contributed by atoms with Crippen LogP contribution in [0.3, 0.4) is 0 Å². The summed E-state index contributed by atoms with van der Waals surface area (Å²) in [6.45, 7) is 1.39. The Morgan fingerprint density at radius 1 is 1.24 bits per heavy atom. The summed E-state index contributed by atoms with van der Waals surface area (Å²) in [7, 11) is 1.62. The number of aromatic nitrogens is 4. The van der Waals surface area contributed by atoms with Crippen LogP contribution in [-0.2, 0) is 22.6 Å². The highest BCUT2D eigenvalue weighted by Crippen LogP contribution is 2.23. The molecule has 3 heterocycles. The molecular weight excluding hydrogens is 412 g/mol. The molecule has 3 aromatic heterocycles. The van der Waals surface area contributed by atoms with Crippen molar-refractivity contribution in [3.05, 3.63) is 46.9 Å². The number of hydrogen-bond donors (Lipinski definition) is 2. The zero-order valence-corrected chi connectivity index (χ0v) is 17.3. The maximum atomic E-state index is 12.1. The average Bonchev–Trinajstić information content (AvgIpc) is 3.39. The molecule has 0 saturated carbocycles. The van der Waals surface area contributed by atoms with Gasteiger partial charge in [-0.2, -0.15) is 0 Å². The molecule has 0 bridgehead atoms. The number of methoxy groups -OCH3 is 1. The fraction of sp³-hybridized carbons (Fsp3) is 0.278. The minimum Gasteiger partial charge on any atom is -0.383 e. The van der Waals surface area contributed by atoms with Crippen molar-refractivity contribution >= 4 is 35.0 Å². The number of carbonyl (C=O) groups is 2. The molecule has 152 valence electrons. The van der Waals surface area contributed by atoms with Gasteiger partial charge in [0.1, 0.15) is 0 Å². The minimum absolute atomic E-state index is 0.0356. The molecule has 0 aliphatic carbocycles.